The van der Waals surface area contributed by atoms with E-state index >= 15 is 0 Å². The van der Waals surface area contributed by atoms with Crippen LogP contribution in [0.2, 0.25) is 0 Å². The van der Waals surface area contributed by atoms with Crippen LogP contribution in [0, 0.1) is 0 Å². The van der Waals surface area contributed by atoms with Gasteiger partial charge in [-0.2, -0.15) is 0 Å². The number of nitrogens with zero attached hydrogens (tertiary/aromatic N) is 2. The maximum Gasteiger partial charge on any atom is 0.115 e. The fourth-order valence-electron chi connectivity index (χ4n) is 1.71. The Labute approximate surface area is 100 Å². The van der Waals surface area contributed by atoms with E-state index in [0.29, 0.717) is 5.69 Å². The minimum atomic E-state index is 0.278. The van der Waals surface area contributed by atoms with Gasteiger partial charge in [0.2, 0.25) is 0 Å². The first-order valence-corrected chi connectivity index (χ1v) is 5.35. The highest BCUT2D eigenvalue weighted by atomic mass is 16.3. The van der Waals surface area contributed by atoms with Crippen molar-refractivity contribution in [2.24, 2.45) is 0 Å². The summed E-state index contributed by atoms with van der Waals surface area (Å²) in [6.07, 6.45) is 3.36. The monoisotopic (exact) mass is 229 g/mol. The highest BCUT2D eigenvalue weighted by Crippen LogP contribution is 2.22. The summed E-state index contributed by atoms with van der Waals surface area (Å²) >= 11 is 0. The van der Waals surface area contributed by atoms with E-state index in [0.717, 1.165) is 17.8 Å². The first kappa shape index (κ1) is 11.3. The van der Waals surface area contributed by atoms with Gasteiger partial charge in [0.1, 0.15) is 5.75 Å². The molecule has 0 fully saturated rings. The molecule has 17 heavy (non-hydrogen) atoms. The van der Waals surface area contributed by atoms with Crippen molar-refractivity contribution in [3.8, 4) is 5.75 Å². The Morgan fingerprint density at radius 2 is 1.94 bits per heavy atom. The number of anilines is 2. The standard InChI is InChI=1S/C13H15N3O/c1-16(13-6-7-15-8-12(13)14)9-10-2-4-11(17)5-3-10/h2-8,17H,9,14H2,1H3. The maximum atomic E-state index is 9.21. The van der Waals surface area contributed by atoms with Crippen molar-refractivity contribution in [3.05, 3.63) is 48.3 Å². The molecular formula is C13H15N3O. The second kappa shape index (κ2) is 4.74. The summed E-state index contributed by atoms with van der Waals surface area (Å²) in [5, 5.41) is 9.21. The predicted octanol–water partition coefficient (Wildman–Crippen LogP) is 2.01. The molecule has 0 aliphatic rings. The van der Waals surface area contributed by atoms with Crippen LogP contribution in [0.5, 0.6) is 5.75 Å². The molecule has 1 aromatic heterocycles. The summed E-state index contributed by atoms with van der Waals surface area (Å²) in [5.74, 6) is 0.278. The lowest BCUT2D eigenvalue weighted by molar-refractivity contribution is 0.475. The third-order valence-corrected chi connectivity index (χ3v) is 2.60. The molecule has 0 saturated carbocycles. The maximum absolute atomic E-state index is 9.21. The third-order valence-electron chi connectivity index (χ3n) is 2.60. The van der Waals surface area contributed by atoms with Crippen molar-refractivity contribution in [3.63, 3.8) is 0 Å². The Balaban J connectivity index is 2.14. The molecule has 1 aromatic carbocycles. The summed E-state index contributed by atoms with van der Waals surface area (Å²) in [6, 6.07) is 9.03. The van der Waals surface area contributed by atoms with Gasteiger partial charge in [-0.1, -0.05) is 12.1 Å². The number of nitrogens with two attached hydrogens (primary N) is 1. The highest BCUT2D eigenvalue weighted by molar-refractivity contribution is 5.65. The van der Waals surface area contributed by atoms with E-state index in [1.165, 1.54) is 0 Å². The van der Waals surface area contributed by atoms with E-state index in [1.54, 1.807) is 24.5 Å². The van der Waals surface area contributed by atoms with Crippen LogP contribution in [-0.2, 0) is 6.54 Å². The minimum Gasteiger partial charge on any atom is -0.508 e. The van der Waals surface area contributed by atoms with Crippen molar-refractivity contribution >= 4 is 11.4 Å². The molecule has 0 aliphatic carbocycles. The first-order chi connectivity index (χ1) is 8.16. The molecule has 0 amide bonds. The largest absolute Gasteiger partial charge is 0.508 e. The summed E-state index contributed by atoms with van der Waals surface area (Å²) in [7, 11) is 1.97. The van der Waals surface area contributed by atoms with E-state index in [2.05, 4.69) is 4.98 Å². The average Bonchev–Trinajstić information content (AvgIpc) is 2.32. The van der Waals surface area contributed by atoms with Gasteiger partial charge in [-0.05, 0) is 23.8 Å². The van der Waals surface area contributed by atoms with Crippen LogP contribution in [0.25, 0.3) is 0 Å². The number of phenolic OH excluding ortho intramolecular Hbond substituents is 1. The van der Waals surface area contributed by atoms with Crippen molar-refractivity contribution in [1.29, 1.82) is 0 Å². The molecule has 0 atom stereocenters. The number of hydrogen-bond acceptors (Lipinski definition) is 4. The van der Waals surface area contributed by atoms with Crippen molar-refractivity contribution < 1.29 is 5.11 Å². The topological polar surface area (TPSA) is 62.4 Å². The van der Waals surface area contributed by atoms with Gasteiger partial charge < -0.3 is 15.7 Å². The fourth-order valence-corrected chi connectivity index (χ4v) is 1.71. The zero-order valence-electron chi connectivity index (χ0n) is 9.67. The summed E-state index contributed by atoms with van der Waals surface area (Å²) in [6.45, 7) is 0.731. The van der Waals surface area contributed by atoms with Crippen LogP contribution >= 0.6 is 0 Å². The van der Waals surface area contributed by atoms with Crippen LogP contribution in [-0.4, -0.2) is 17.1 Å². The molecule has 0 saturated heterocycles. The molecule has 88 valence electrons. The Bertz CT molecular complexity index is 496. The van der Waals surface area contributed by atoms with E-state index in [-0.39, 0.29) is 5.75 Å². The van der Waals surface area contributed by atoms with Crippen LogP contribution in [0.15, 0.2) is 42.7 Å². The normalized spacial score (nSPS) is 10.2. The summed E-state index contributed by atoms with van der Waals surface area (Å²) in [4.78, 5) is 6.01. The van der Waals surface area contributed by atoms with Crippen molar-refractivity contribution in [1.82, 2.24) is 4.98 Å². The zero-order valence-corrected chi connectivity index (χ0v) is 9.67. The molecule has 2 rings (SSSR count). The lowest BCUT2D eigenvalue weighted by atomic mass is 10.2. The van der Waals surface area contributed by atoms with Gasteiger partial charge >= 0.3 is 0 Å². The average molecular weight is 229 g/mol. The Morgan fingerprint density at radius 3 is 2.59 bits per heavy atom. The number of aromatic nitrogens is 1. The number of benzene rings is 1. The molecule has 0 unspecified atom stereocenters. The lowest BCUT2D eigenvalue weighted by Crippen LogP contribution is -2.17. The van der Waals surface area contributed by atoms with Gasteiger partial charge in [0, 0.05) is 19.8 Å². The van der Waals surface area contributed by atoms with Gasteiger partial charge in [0.15, 0.2) is 0 Å². The molecule has 0 bridgehead atoms. The number of phenols is 1. The predicted molar refractivity (Wildman–Crippen MR) is 68.9 cm³/mol. The third kappa shape index (κ3) is 2.66. The summed E-state index contributed by atoms with van der Waals surface area (Å²) in [5.41, 5.74) is 8.58. The Kier molecular flexibility index (Phi) is 3.14. The molecule has 4 heteroatoms. The molecular weight excluding hydrogens is 214 g/mol. The van der Waals surface area contributed by atoms with E-state index in [4.69, 9.17) is 5.73 Å². The molecule has 1 heterocycles. The molecule has 4 nitrogen and oxygen atoms in total. The van der Waals surface area contributed by atoms with Gasteiger partial charge in [-0.3, -0.25) is 4.98 Å². The van der Waals surface area contributed by atoms with Crippen LogP contribution in [0.4, 0.5) is 11.4 Å². The molecule has 0 spiro atoms. The molecule has 0 aliphatic heterocycles. The smallest absolute Gasteiger partial charge is 0.115 e. The van der Waals surface area contributed by atoms with E-state index in [1.807, 2.05) is 30.1 Å². The van der Waals surface area contributed by atoms with Crippen LogP contribution < -0.4 is 10.6 Å². The van der Waals surface area contributed by atoms with E-state index in [9.17, 15) is 5.11 Å². The number of pyridine rings is 1. The minimum absolute atomic E-state index is 0.278. The first-order valence-electron chi connectivity index (χ1n) is 5.35. The van der Waals surface area contributed by atoms with E-state index < -0.39 is 0 Å². The number of rotatable bonds is 3. The Morgan fingerprint density at radius 1 is 1.24 bits per heavy atom. The SMILES string of the molecule is CN(Cc1ccc(O)cc1)c1ccncc1N. The fraction of sp³-hybridized carbons (Fsp3) is 0.154. The number of hydrogen-bond donors (Lipinski definition) is 2. The van der Waals surface area contributed by atoms with Gasteiger partial charge in [0.25, 0.3) is 0 Å². The lowest BCUT2D eigenvalue weighted by Gasteiger charge is -2.20. The highest BCUT2D eigenvalue weighted by Gasteiger charge is 2.05. The zero-order chi connectivity index (χ0) is 12.3. The van der Waals surface area contributed by atoms with Gasteiger partial charge in [-0.25, -0.2) is 0 Å². The number of nitrogen functional groups attached to an aromatic ring is 1. The second-order valence-electron chi connectivity index (χ2n) is 3.96. The van der Waals surface area contributed by atoms with Gasteiger partial charge in [-0.15, -0.1) is 0 Å². The van der Waals surface area contributed by atoms with Gasteiger partial charge in [0.05, 0.1) is 17.6 Å². The Hall–Kier alpha value is -2.23. The van der Waals surface area contributed by atoms with Crippen LogP contribution in [0.1, 0.15) is 5.56 Å². The molecule has 3 N–H and O–H groups in total. The van der Waals surface area contributed by atoms with Crippen LogP contribution in [0.3, 0.4) is 0 Å². The molecule has 0 radical (unpaired) electrons. The second-order valence-corrected chi connectivity index (χ2v) is 3.96. The summed E-state index contributed by atoms with van der Waals surface area (Å²) < 4.78 is 0. The molecule has 2 aromatic rings. The van der Waals surface area contributed by atoms with Crippen molar-refractivity contribution in [2.45, 2.75) is 6.54 Å². The van der Waals surface area contributed by atoms with Crippen molar-refractivity contribution in [2.75, 3.05) is 17.7 Å². The number of aromatic hydroxyl groups is 1. The quantitative estimate of drug-likeness (QED) is 0.845.